The molecule has 0 radical (unpaired) electrons. The molecule has 2 unspecified atom stereocenters. The summed E-state index contributed by atoms with van der Waals surface area (Å²) >= 11 is 0. The number of hydrogen-bond donors (Lipinski definition) is 1. The molecule has 0 saturated heterocycles. The normalized spacial score (nSPS) is 21.9. The third kappa shape index (κ3) is 4.23. The summed E-state index contributed by atoms with van der Waals surface area (Å²) in [5.41, 5.74) is 3.47. The van der Waals surface area contributed by atoms with Gasteiger partial charge < -0.3 is 10.1 Å². The first-order valence-corrected chi connectivity index (χ1v) is 7.97. The van der Waals surface area contributed by atoms with Crippen molar-refractivity contribution in [3.8, 4) is 5.75 Å². The molecule has 1 saturated carbocycles. The smallest absolute Gasteiger partial charge is 0.258 e. The fourth-order valence-corrected chi connectivity index (χ4v) is 3.07. The topological polar surface area (TPSA) is 38.3 Å². The van der Waals surface area contributed by atoms with Crippen LogP contribution in [0.1, 0.15) is 49.3 Å². The second-order valence-corrected chi connectivity index (χ2v) is 6.43. The molecule has 3 heteroatoms. The summed E-state index contributed by atoms with van der Waals surface area (Å²) in [6, 6.07) is 4.44. The molecule has 1 aromatic rings. The minimum Gasteiger partial charge on any atom is -0.483 e. The Morgan fingerprint density at radius 3 is 2.67 bits per heavy atom. The maximum atomic E-state index is 12.1. The monoisotopic (exact) mass is 289 g/mol. The first-order chi connectivity index (χ1) is 9.97. The average molecular weight is 289 g/mol. The Hall–Kier alpha value is -1.51. The molecular formula is C18H27NO2. The van der Waals surface area contributed by atoms with E-state index in [4.69, 9.17) is 4.74 Å². The molecule has 1 aliphatic rings. The van der Waals surface area contributed by atoms with Crippen LogP contribution < -0.4 is 10.1 Å². The molecule has 2 atom stereocenters. The molecule has 1 amide bonds. The maximum absolute atomic E-state index is 12.1. The minimum atomic E-state index is -0.00712. The van der Waals surface area contributed by atoms with Crippen LogP contribution in [0.15, 0.2) is 12.1 Å². The fourth-order valence-electron chi connectivity index (χ4n) is 3.07. The Morgan fingerprint density at radius 1 is 1.24 bits per heavy atom. The molecule has 21 heavy (non-hydrogen) atoms. The van der Waals surface area contributed by atoms with E-state index in [0.29, 0.717) is 12.0 Å². The van der Waals surface area contributed by atoms with Gasteiger partial charge in [-0.15, -0.1) is 0 Å². The summed E-state index contributed by atoms with van der Waals surface area (Å²) < 4.78 is 5.72. The summed E-state index contributed by atoms with van der Waals surface area (Å²) in [4.78, 5) is 12.1. The van der Waals surface area contributed by atoms with Gasteiger partial charge in [0.25, 0.3) is 5.91 Å². The van der Waals surface area contributed by atoms with Gasteiger partial charge in [0, 0.05) is 6.04 Å². The van der Waals surface area contributed by atoms with E-state index in [-0.39, 0.29) is 12.5 Å². The van der Waals surface area contributed by atoms with Gasteiger partial charge in [-0.05, 0) is 62.3 Å². The van der Waals surface area contributed by atoms with Crippen LogP contribution in [0.3, 0.4) is 0 Å². The quantitative estimate of drug-likeness (QED) is 0.918. The summed E-state index contributed by atoms with van der Waals surface area (Å²) in [7, 11) is 0. The van der Waals surface area contributed by atoms with Crippen molar-refractivity contribution in [2.45, 2.75) is 59.4 Å². The first kappa shape index (κ1) is 15.9. The van der Waals surface area contributed by atoms with Gasteiger partial charge in [0.15, 0.2) is 6.61 Å². The van der Waals surface area contributed by atoms with Gasteiger partial charge in [-0.2, -0.15) is 0 Å². The van der Waals surface area contributed by atoms with Crippen LogP contribution >= 0.6 is 0 Å². The summed E-state index contributed by atoms with van der Waals surface area (Å²) in [5, 5.41) is 3.12. The van der Waals surface area contributed by atoms with E-state index in [1.54, 1.807) is 0 Å². The van der Waals surface area contributed by atoms with Gasteiger partial charge in [0.2, 0.25) is 0 Å². The predicted octanol–water partition coefficient (Wildman–Crippen LogP) is 3.69. The molecule has 1 fully saturated rings. The highest BCUT2D eigenvalue weighted by Gasteiger charge is 2.22. The molecule has 1 aliphatic carbocycles. The third-order valence-corrected chi connectivity index (χ3v) is 4.58. The maximum Gasteiger partial charge on any atom is 0.258 e. The zero-order chi connectivity index (χ0) is 15.4. The number of aryl methyl sites for hydroxylation is 2. The summed E-state index contributed by atoms with van der Waals surface area (Å²) in [5.74, 6) is 1.39. The second kappa shape index (κ2) is 6.97. The van der Waals surface area contributed by atoms with Gasteiger partial charge >= 0.3 is 0 Å². The van der Waals surface area contributed by atoms with Crippen LogP contribution in [0.4, 0.5) is 0 Å². The number of amides is 1. The van der Waals surface area contributed by atoms with Gasteiger partial charge in [-0.25, -0.2) is 0 Å². The summed E-state index contributed by atoms with van der Waals surface area (Å²) in [6.45, 7) is 8.47. The molecule has 0 aromatic heterocycles. The van der Waals surface area contributed by atoms with E-state index in [1.165, 1.54) is 24.8 Å². The zero-order valence-corrected chi connectivity index (χ0v) is 13.7. The third-order valence-electron chi connectivity index (χ3n) is 4.58. The van der Waals surface area contributed by atoms with Crippen LogP contribution in [0.5, 0.6) is 5.75 Å². The van der Waals surface area contributed by atoms with E-state index in [0.717, 1.165) is 23.3 Å². The van der Waals surface area contributed by atoms with Gasteiger partial charge in [0.1, 0.15) is 5.75 Å². The molecule has 1 aromatic carbocycles. The lowest BCUT2D eigenvalue weighted by Crippen LogP contribution is -2.43. The van der Waals surface area contributed by atoms with E-state index in [2.05, 4.69) is 25.2 Å². The van der Waals surface area contributed by atoms with Crippen molar-refractivity contribution < 1.29 is 9.53 Å². The number of carbonyl (C=O) groups is 1. The molecule has 0 aliphatic heterocycles. The highest BCUT2D eigenvalue weighted by molar-refractivity contribution is 5.78. The minimum absolute atomic E-state index is 0.00712. The lowest BCUT2D eigenvalue weighted by atomic mass is 9.86. The Balaban J connectivity index is 1.89. The van der Waals surface area contributed by atoms with Crippen molar-refractivity contribution in [3.63, 3.8) is 0 Å². The summed E-state index contributed by atoms with van der Waals surface area (Å²) in [6.07, 6.45) is 4.80. The van der Waals surface area contributed by atoms with Crippen molar-refractivity contribution >= 4 is 5.91 Å². The first-order valence-electron chi connectivity index (χ1n) is 7.97. The Bertz CT molecular complexity index is 510. The van der Waals surface area contributed by atoms with Gasteiger partial charge in [-0.1, -0.05) is 25.8 Å². The highest BCUT2D eigenvalue weighted by atomic mass is 16.5. The number of ether oxygens (including phenoxy) is 1. The Kier molecular flexibility index (Phi) is 5.27. The van der Waals surface area contributed by atoms with Crippen molar-refractivity contribution in [1.82, 2.24) is 5.32 Å². The number of hydrogen-bond acceptors (Lipinski definition) is 2. The molecule has 2 rings (SSSR count). The zero-order valence-electron chi connectivity index (χ0n) is 13.7. The van der Waals surface area contributed by atoms with Crippen LogP contribution in [0, 0.1) is 26.7 Å². The second-order valence-electron chi connectivity index (χ2n) is 6.43. The van der Waals surface area contributed by atoms with Crippen molar-refractivity contribution in [2.75, 3.05) is 6.61 Å². The van der Waals surface area contributed by atoms with Crippen LogP contribution in [0.2, 0.25) is 0 Å². The predicted molar refractivity (Wildman–Crippen MR) is 85.7 cm³/mol. The van der Waals surface area contributed by atoms with E-state index < -0.39 is 0 Å². The molecule has 1 N–H and O–H groups in total. The standard InChI is InChI=1S/C18H27NO2/c1-12-9-14(3)15(4)17(10-12)21-11-18(20)19-16-8-6-5-7-13(16)2/h9-10,13,16H,5-8,11H2,1-4H3,(H,19,20). The van der Waals surface area contributed by atoms with Crippen molar-refractivity contribution in [3.05, 3.63) is 28.8 Å². The lowest BCUT2D eigenvalue weighted by molar-refractivity contribution is -0.124. The fraction of sp³-hybridized carbons (Fsp3) is 0.611. The Morgan fingerprint density at radius 2 is 1.95 bits per heavy atom. The van der Waals surface area contributed by atoms with Gasteiger partial charge in [0.05, 0.1) is 0 Å². The largest absolute Gasteiger partial charge is 0.483 e. The number of benzene rings is 1. The van der Waals surface area contributed by atoms with Crippen LogP contribution in [0.25, 0.3) is 0 Å². The number of rotatable bonds is 4. The molecule has 0 bridgehead atoms. The molecular weight excluding hydrogens is 262 g/mol. The van der Waals surface area contributed by atoms with Crippen LogP contribution in [-0.2, 0) is 4.79 Å². The van der Waals surface area contributed by atoms with Crippen LogP contribution in [-0.4, -0.2) is 18.6 Å². The van der Waals surface area contributed by atoms with E-state index in [1.807, 2.05) is 19.9 Å². The van der Waals surface area contributed by atoms with E-state index >= 15 is 0 Å². The van der Waals surface area contributed by atoms with Crippen molar-refractivity contribution in [2.24, 2.45) is 5.92 Å². The SMILES string of the molecule is Cc1cc(C)c(C)c(OCC(=O)NC2CCCCC2C)c1. The average Bonchev–Trinajstić information content (AvgIpc) is 2.44. The van der Waals surface area contributed by atoms with E-state index in [9.17, 15) is 4.79 Å². The number of nitrogens with one attached hydrogen (secondary N) is 1. The Labute approximate surface area is 128 Å². The molecule has 0 heterocycles. The molecule has 3 nitrogen and oxygen atoms in total. The lowest BCUT2D eigenvalue weighted by Gasteiger charge is -2.29. The number of carbonyl (C=O) groups excluding carboxylic acids is 1. The van der Waals surface area contributed by atoms with Gasteiger partial charge in [-0.3, -0.25) is 4.79 Å². The highest BCUT2D eigenvalue weighted by Crippen LogP contribution is 2.24. The molecule has 116 valence electrons. The molecule has 0 spiro atoms. The van der Waals surface area contributed by atoms with Crippen molar-refractivity contribution in [1.29, 1.82) is 0 Å².